The first-order valence-corrected chi connectivity index (χ1v) is 9.87. The minimum absolute atomic E-state index is 0.407. The number of nitrogens with zero attached hydrogens (tertiary/aromatic N) is 3. The van der Waals surface area contributed by atoms with Gasteiger partial charge in [-0.05, 0) is 32.2 Å². The van der Waals surface area contributed by atoms with Gasteiger partial charge >= 0.3 is 6.18 Å². The fourth-order valence-electron chi connectivity index (χ4n) is 3.06. The van der Waals surface area contributed by atoms with Crippen LogP contribution >= 0.6 is 11.3 Å². The Bertz CT molecular complexity index is 587. The van der Waals surface area contributed by atoms with Crippen molar-refractivity contribution in [3.63, 3.8) is 0 Å². The number of likely N-dealkylation sites (tertiary alicyclic amines) is 1. The van der Waals surface area contributed by atoms with E-state index in [2.05, 4.69) is 39.4 Å². The van der Waals surface area contributed by atoms with Crippen molar-refractivity contribution in [2.75, 3.05) is 33.2 Å². The Morgan fingerprint density at radius 2 is 2.23 bits per heavy atom. The molecule has 0 aliphatic carbocycles. The molecule has 148 valence electrons. The molecular formula is C17H28F3N5S. The summed E-state index contributed by atoms with van der Waals surface area (Å²) in [6.45, 7) is 8.01. The molecule has 0 saturated carbocycles. The highest BCUT2D eigenvalue weighted by atomic mass is 32.1. The summed E-state index contributed by atoms with van der Waals surface area (Å²) >= 11 is 1.03. The molecular weight excluding hydrogens is 363 g/mol. The number of rotatable bonds is 6. The first kappa shape index (κ1) is 21.0. The van der Waals surface area contributed by atoms with Crippen LogP contribution in [0.25, 0.3) is 0 Å². The second kappa shape index (κ2) is 9.55. The molecule has 1 aliphatic heterocycles. The van der Waals surface area contributed by atoms with E-state index in [9.17, 15) is 13.2 Å². The molecule has 0 aromatic carbocycles. The van der Waals surface area contributed by atoms with E-state index >= 15 is 0 Å². The highest BCUT2D eigenvalue weighted by molar-refractivity contribution is 7.09. The minimum Gasteiger partial charge on any atom is -0.356 e. The third-order valence-electron chi connectivity index (χ3n) is 4.57. The molecule has 0 radical (unpaired) electrons. The van der Waals surface area contributed by atoms with Crippen molar-refractivity contribution >= 4 is 17.3 Å². The lowest BCUT2D eigenvalue weighted by molar-refractivity contribution is -0.140. The fraction of sp³-hybridized carbons (Fsp3) is 0.765. The van der Waals surface area contributed by atoms with E-state index < -0.39 is 11.9 Å². The van der Waals surface area contributed by atoms with Crippen molar-refractivity contribution in [1.82, 2.24) is 20.5 Å². The van der Waals surface area contributed by atoms with Gasteiger partial charge in [0.25, 0.3) is 0 Å². The standard InChI is InChI=1S/C17H28F3N5S/c1-12-5-4-8-25(10-12)13(2)9-23-16(21-3)22-7-6-15-24-14(11-26-15)17(18,19)20/h11-13H,4-10H2,1-3H3,(H2,21,22,23). The van der Waals surface area contributed by atoms with Gasteiger partial charge < -0.3 is 10.6 Å². The number of thiazole rings is 1. The Kier molecular flexibility index (Phi) is 7.69. The quantitative estimate of drug-likeness (QED) is 0.578. The van der Waals surface area contributed by atoms with Gasteiger partial charge in [0, 0.05) is 44.5 Å². The van der Waals surface area contributed by atoms with E-state index in [-0.39, 0.29) is 0 Å². The molecule has 1 saturated heterocycles. The number of guanidine groups is 1. The monoisotopic (exact) mass is 391 g/mol. The first-order chi connectivity index (χ1) is 12.3. The van der Waals surface area contributed by atoms with Crippen molar-refractivity contribution in [1.29, 1.82) is 0 Å². The van der Waals surface area contributed by atoms with Crippen molar-refractivity contribution in [2.45, 2.75) is 45.3 Å². The summed E-state index contributed by atoms with van der Waals surface area (Å²) in [6, 6.07) is 0.407. The highest BCUT2D eigenvalue weighted by Crippen LogP contribution is 2.30. The molecule has 26 heavy (non-hydrogen) atoms. The molecule has 5 nitrogen and oxygen atoms in total. The number of aromatic nitrogens is 1. The van der Waals surface area contributed by atoms with Crippen LogP contribution in [0.5, 0.6) is 0 Å². The molecule has 1 aliphatic rings. The lowest BCUT2D eigenvalue weighted by Gasteiger charge is -2.35. The number of nitrogens with one attached hydrogen (secondary N) is 2. The molecule has 2 atom stereocenters. The van der Waals surface area contributed by atoms with Crippen LogP contribution in [0.1, 0.15) is 37.4 Å². The maximum Gasteiger partial charge on any atom is 0.434 e. The van der Waals surface area contributed by atoms with Gasteiger partial charge in [-0.25, -0.2) is 4.98 Å². The van der Waals surface area contributed by atoms with Crippen molar-refractivity contribution in [2.24, 2.45) is 10.9 Å². The topological polar surface area (TPSA) is 52.6 Å². The number of hydrogen-bond donors (Lipinski definition) is 2. The van der Waals surface area contributed by atoms with Crippen molar-refractivity contribution in [3.8, 4) is 0 Å². The van der Waals surface area contributed by atoms with Crippen LogP contribution in [0, 0.1) is 5.92 Å². The van der Waals surface area contributed by atoms with Gasteiger partial charge in [0.1, 0.15) is 0 Å². The summed E-state index contributed by atoms with van der Waals surface area (Å²) in [7, 11) is 1.69. The zero-order valence-electron chi connectivity index (χ0n) is 15.6. The van der Waals surface area contributed by atoms with Gasteiger partial charge in [-0.2, -0.15) is 13.2 Å². The molecule has 2 N–H and O–H groups in total. The Morgan fingerprint density at radius 3 is 2.85 bits per heavy atom. The Morgan fingerprint density at radius 1 is 1.46 bits per heavy atom. The first-order valence-electron chi connectivity index (χ1n) is 8.99. The fourth-order valence-corrected chi connectivity index (χ4v) is 3.87. The van der Waals surface area contributed by atoms with E-state index in [4.69, 9.17) is 0 Å². The van der Waals surface area contributed by atoms with Crippen LogP contribution in [0.15, 0.2) is 10.4 Å². The third kappa shape index (κ3) is 6.42. The SMILES string of the molecule is CN=C(NCCc1nc(C(F)(F)F)cs1)NCC(C)N1CCCC(C)C1. The molecule has 1 aromatic rings. The summed E-state index contributed by atoms with van der Waals surface area (Å²) in [5.41, 5.74) is -0.815. The largest absolute Gasteiger partial charge is 0.434 e. The summed E-state index contributed by atoms with van der Waals surface area (Å²) in [5.74, 6) is 1.40. The normalized spacial score (nSPS) is 20.8. The van der Waals surface area contributed by atoms with Gasteiger partial charge in [0.15, 0.2) is 11.7 Å². The number of aliphatic imine (C=N–C) groups is 1. The van der Waals surface area contributed by atoms with Crippen LogP contribution in [0.2, 0.25) is 0 Å². The average molecular weight is 392 g/mol. The molecule has 0 amide bonds. The second-order valence-electron chi connectivity index (χ2n) is 6.85. The summed E-state index contributed by atoms with van der Waals surface area (Å²) in [4.78, 5) is 10.3. The van der Waals surface area contributed by atoms with E-state index in [0.29, 0.717) is 30.0 Å². The number of hydrogen-bond acceptors (Lipinski definition) is 4. The maximum atomic E-state index is 12.6. The average Bonchev–Trinajstić information content (AvgIpc) is 3.07. The molecule has 0 bridgehead atoms. The number of alkyl halides is 3. The van der Waals surface area contributed by atoms with Crippen LogP contribution in [0.4, 0.5) is 13.2 Å². The Hall–Kier alpha value is -1.35. The zero-order chi connectivity index (χ0) is 19.2. The van der Waals surface area contributed by atoms with E-state index in [1.807, 2.05) is 0 Å². The van der Waals surface area contributed by atoms with Crippen molar-refractivity contribution in [3.05, 3.63) is 16.1 Å². The van der Waals surface area contributed by atoms with Gasteiger partial charge in [-0.1, -0.05) is 6.92 Å². The molecule has 2 rings (SSSR count). The predicted octanol–water partition coefficient (Wildman–Crippen LogP) is 2.99. The molecule has 1 aromatic heterocycles. The molecule has 2 heterocycles. The summed E-state index contributed by atoms with van der Waals surface area (Å²) in [6.07, 6.45) is -1.40. The highest BCUT2D eigenvalue weighted by Gasteiger charge is 2.33. The smallest absolute Gasteiger partial charge is 0.356 e. The van der Waals surface area contributed by atoms with E-state index in [0.717, 1.165) is 42.3 Å². The van der Waals surface area contributed by atoms with E-state index in [1.54, 1.807) is 7.05 Å². The van der Waals surface area contributed by atoms with Crippen LogP contribution in [-0.4, -0.2) is 55.1 Å². The minimum atomic E-state index is -4.37. The van der Waals surface area contributed by atoms with Gasteiger partial charge in [-0.3, -0.25) is 9.89 Å². The molecule has 0 spiro atoms. The molecule has 2 unspecified atom stereocenters. The van der Waals surface area contributed by atoms with Gasteiger partial charge in [0.05, 0.1) is 5.01 Å². The van der Waals surface area contributed by atoms with Crippen LogP contribution in [0.3, 0.4) is 0 Å². The van der Waals surface area contributed by atoms with Gasteiger partial charge in [-0.15, -0.1) is 11.3 Å². The summed E-state index contributed by atoms with van der Waals surface area (Å²) in [5, 5.41) is 7.96. The lowest BCUT2D eigenvalue weighted by Crippen LogP contribution is -2.48. The van der Waals surface area contributed by atoms with Crippen molar-refractivity contribution < 1.29 is 13.2 Å². The number of halogens is 3. The molecule has 9 heteroatoms. The third-order valence-corrected chi connectivity index (χ3v) is 5.48. The van der Waals surface area contributed by atoms with E-state index in [1.165, 1.54) is 12.8 Å². The van der Waals surface area contributed by atoms with Crippen LogP contribution in [-0.2, 0) is 12.6 Å². The maximum absolute atomic E-state index is 12.6. The number of piperidine rings is 1. The Balaban J connectivity index is 1.71. The van der Waals surface area contributed by atoms with Crippen LogP contribution < -0.4 is 10.6 Å². The molecule has 1 fully saturated rings. The summed E-state index contributed by atoms with van der Waals surface area (Å²) < 4.78 is 37.7. The predicted molar refractivity (Wildman–Crippen MR) is 99.6 cm³/mol. The zero-order valence-corrected chi connectivity index (χ0v) is 16.4. The Labute approximate surface area is 157 Å². The lowest BCUT2D eigenvalue weighted by atomic mass is 9.99. The second-order valence-corrected chi connectivity index (χ2v) is 7.79. The van der Waals surface area contributed by atoms with Gasteiger partial charge in [0.2, 0.25) is 0 Å².